The van der Waals surface area contributed by atoms with Gasteiger partial charge in [-0.15, -0.1) is 0 Å². The van der Waals surface area contributed by atoms with Gasteiger partial charge in [0.2, 0.25) is 0 Å². The van der Waals surface area contributed by atoms with E-state index in [0.29, 0.717) is 18.3 Å². The summed E-state index contributed by atoms with van der Waals surface area (Å²) in [6.45, 7) is 3.90. The van der Waals surface area contributed by atoms with E-state index in [-0.39, 0.29) is 11.9 Å². The van der Waals surface area contributed by atoms with E-state index in [1.807, 2.05) is 13.0 Å². The smallest absolute Gasteiger partial charge is 0.165 e. The molecular formula is C14H20FNO2. The molecular weight excluding hydrogens is 233 g/mol. The molecule has 2 rings (SSSR count). The predicted molar refractivity (Wildman–Crippen MR) is 68.0 cm³/mol. The molecule has 3 nitrogen and oxygen atoms in total. The largest absolute Gasteiger partial charge is 0.490 e. The Hall–Kier alpha value is -1.13. The van der Waals surface area contributed by atoms with Crippen LogP contribution in [0.5, 0.6) is 5.75 Å². The molecule has 0 spiro atoms. The summed E-state index contributed by atoms with van der Waals surface area (Å²) in [4.78, 5) is 0. The lowest BCUT2D eigenvalue weighted by atomic mass is 10.0. The van der Waals surface area contributed by atoms with Crippen LogP contribution in [0.3, 0.4) is 0 Å². The molecule has 18 heavy (non-hydrogen) atoms. The van der Waals surface area contributed by atoms with Gasteiger partial charge in [0, 0.05) is 24.8 Å². The van der Waals surface area contributed by atoms with Crippen molar-refractivity contribution < 1.29 is 13.9 Å². The summed E-state index contributed by atoms with van der Waals surface area (Å²) in [5, 5.41) is 0. The highest BCUT2D eigenvalue weighted by atomic mass is 19.1. The number of benzene rings is 1. The van der Waals surface area contributed by atoms with E-state index in [4.69, 9.17) is 15.2 Å². The maximum Gasteiger partial charge on any atom is 0.165 e. The lowest BCUT2D eigenvalue weighted by molar-refractivity contribution is 0.0489. The Morgan fingerprint density at radius 1 is 1.44 bits per heavy atom. The zero-order valence-electron chi connectivity index (χ0n) is 10.7. The van der Waals surface area contributed by atoms with Gasteiger partial charge < -0.3 is 15.2 Å². The third-order valence-electron chi connectivity index (χ3n) is 3.29. The van der Waals surface area contributed by atoms with Crippen molar-refractivity contribution in [3.8, 4) is 5.75 Å². The average Bonchev–Trinajstić information content (AvgIpc) is 2.38. The molecule has 0 radical (unpaired) electrons. The Morgan fingerprint density at radius 3 is 2.83 bits per heavy atom. The fraction of sp³-hybridized carbons (Fsp3) is 0.571. The Balaban J connectivity index is 2.03. The molecule has 1 saturated heterocycles. The highest BCUT2D eigenvalue weighted by Crippen LogP contribution is 2.28. The van der Waals surface area contributed by atoms with Crippen LogP contribution in [0.2, 0.25) is 0 Å². The summed E-state index contributed by atoms with van der Waals surface area (Å²) < 4.78 is 24.7. The number of hydrogen-bond donors (Lipinski definition) is 1. The second-order valence-electron chi connectivity index (χ2n) is 4.81. The molecule has 0 bridgehead atoms. The van der Waals surface area contributed by atoms with E-state index in [1.165, 1.54) is 6.07 Å². The van der Waals surface area contributed by atoms with Crippen LogP contribution in [-0.4, -0.2) is 19.8 Å². The first-order valence-electron chi connectivity index (χ1n) is 6.43. The molecule has 0 unspecified atom stereocenters. The summed E-state index contributed by atoms with van der Waals surface area (Å²) in [6, 6.07) is 4.65. The van der Waals surface area contributed by atoms with E-state index in [0.717, 1.165) is 31.6 Å². The number of rotatable bonds is 4. The topological polar surface area (TPSA) is 44.5 Å². The SMILES string of the molecule is C[C@@H](N)c1cccc(F)c1OCC1CCOCC1. The summed E-state index contributed by atoms with van der Waals surface area (Å²) in [5.74, 6) is 0.412. The average molecular weight is 253 g/mol. The van der Waals surface area contributed by atoms with Gasteiger partial charge in [-0.25, -0.2) is 4.39 Å². The van der Waals surface area contributed by atoms with Gasteiger partial charge in [0.1, 0.15) is 0 Å². The van der Waals surface area contributed by atoms with Crippen LogP contribution < -0.4 is 10.5 Å². The van der Waals surface area contributed by atoms with E-state index in [2.05, 4.69) is 0 Å². The van der Waals surface area contributed by atoms with Crippen molar-refractivity contribution in [3.05, 3.63) is 29.6 Å². The van der Waals surface area contributed by atoms with Gasteiger partial charge in [-0.05, 0) is 31.7 Å². The van der Waals surface area contributed by atoms with Gasteiger partial charge in [-0.1, -0.05) is 12.1 Å². The van der Waals surface area contributed by atoms with Gasteiger partial charge in [-0.3, -0.25) is 0 Å². The fourth-order valence-corrected chi connectivity index (χ4v) is 2.15. The molecule has 1 aliphatic heterocycles. The van der Waals surface area contributed by atoms with Crippen LogP contribution >= 0.6 is 0 Å². The number of ether oxygens (including phenoxy) is 2. The number of nitrogens with two attached hydrogens (primary N) is 1. The highest BCUT2D eigenvalue weighted by Gasteiger charge is 2.18. The molecule has 100 valence electrons. The first kappa shape index (κ1) is 13.3. The monoisotopic (exact) mass is 253 g/mol. The third-order valence-corrected chi connectivity index (χ3v) is 3.29. The standard InChI is InChI=1S/C14H20FNO2/c1-10(16)12-3-2-4-13(15)14(12)18-9-11-5-7-17-8-6-11/h2-4,10-11H,5-9,16H2,1H3/t10-/m1/s1. The minimum Gasteiger partial charge on any atom is -0.490 e. The van der Waals surface area contributed by atoms with Crippen LogP contribution in [0, 0.1) is 11.7 Å². The lowest BCUT2D eigenvalue weighted by Gasteiger charge is -2.23. The van der Waals surface area contributed by atoms with E-state index in [1.54, 1.807) is 6.07 Å². The summed E-state index contributed by atoms with van der Waals surface area (Å²) in [6.07, 6.45) is 1.95. The Morgan fingerprint density at radius 2 is 2.17 bits per heavy atom. The molecule has 1 atom stereocenters. The third kappa shape index (κ3) is 3.21. The van der Waals surface area contributed by atoms with E-state index < -0.39 is 0 Å². The molecule has 1 fully saturated rings. The molecule has 4 heteroatoms. The molecule has 0 saturated carbocycles. The van der Waals surface area contributed by atoms with Crippen LogP contribution in [0.1, 0.15) is 31.4 Å². The number of hydrogen-bond acceptors (Lipinski definition) is 3. The summed E-state index contributed by atoms with van der Waals surface area (Å²) >= 11 is 0. The Labute approximate surface area is 107 Å². The number of para-hydroxylation sites is 1. The zero-order chi connectivity index (χ0) is 13.0. The van der Waals surface area contributed by atoms with E-state index >= 15 is 0 Å². The first-order chi connectivity index (χ1) is 8.68. The molecule has 1 aromatic carbocycles. The Bertz CT molecular complexity index is 389. The predicted octanol–water partition coefficient (Wildman–Crippen LogP) is 2.65. The van der Waals surface area contributed by atoms with Crippen molar-refractivity contribution in [3.63, 3.8) is 0 Å². The second-order valence-corrected chi connectivity index (χ2v) is 4.81. The van der Waals surface area contributed by atoms with Crippen molar-refractivity contribution in [1.29, 1.82) is 0 Å². The van der Waals surface area contributed by atoms with Crippen molar-refractivity contribution in [1.82, 2.24) is 0 Å². The van der Waals surface area contributed by atoms with Crippen molar-refractivity contribution in [2.24, 2.45) is 11.7 Å². The van der Waals surface area contributed by atoms with Gasteiger partial charge in [0.25, 0.3) is 0 Å². The summed E-state index contributed by atoms with van der Waals surface area (Å²) in [5.41, 5.74) is 6.55. The van der Waals surface area contributed by atoms with Crippen LogP contribution in [-0.2, 0) is 4.74 Å². The van der Waals surface area contributed by atoms with E-state index in [9.17, 15) is 4.39 Å². The minimum atomic E-state index is -0.336. The molecule has 0 amide bonds. The van der Waals surface area contributed by atoms with Crippen LogP contribution in [0.15, 0.2) is 18.2 Å². The van der Waals surface area contributed by atoms with Crippen molar-refractivity contribution in [2.75, 3.05) is 19.8 Å². The lowest BCUT2D eigenvalue weighted by Crippen LogP contribution is -2.22. The minimum absolute atomic E-state index is 0.231. The van der Waals surface area contributed by atoms with Gasteiger partial charge >= 0.3 is 0 Å². The number of halogens is 1. The Kier molecular flexibility index (Phi) is 4.55. The maximum atomic E-state index is 13.8. The quantitative estimate of drug-likeness (QED) is 0.897. The van der Waals surface area contributed by atoms with Gasteiger partial charge in [0.05, 0.1) is 6.61 Å². The molecule has 0 aromatic heterocycles. The molecule has 2 N–H and O–H groups in total. The van der Waals surface area contributed by atoms with Crippen molar-refractivity contribution >= 4 is 0 Å². The highest BCUT2D eigenvalue weighted by molar-refractivity contribution is 5.36. The van der Waals surface area contributed by atoms with Crippen LogP contribution in [0.25, 0.3) is 0 Å². The normalized spacial score (nSPS) is 18.6. The van der Waals surface area contributed by atoms with Crippen molar-refractivity contribution in [2.45, 2.75) is 25.8 Å². The molecule has 0 aliphatic carbocycles. The molecule has 1 aliphatic rings. The van der Waals surface area contributed by atoms with Gasteiger partial charge in [0.15, 0.2) is 11.6 Å². The zero-order valence-corrected chi connectivity index (χ0v) is 10.7. The van der Waals surface area contributed by atoms with Crippen LogP contribution in [0.4, 0.5) is 4.39 Å². The first-order valence-corrected chi connectivity index (χ1v) is 6.43. The fourth-order valence-electron chi connectivity index (χ4n) is 2.15. The molecule has 1 heterocycles. The summed E-state index contributed by atoms with van der Waals surface area (Å²) in [7, 11) is 0. The van der Waals surface area contributed by atoms with Gasteiger partial charge in [-0.2, -0.15) is 0 Å². The maximum absolute atomic E-state index is 13.8. The molecule has 1 aromatic rings. The second kappa shape index (κ2) is 6.16.